The van der Waals surface area contributed by atoms with Crippen molar-refractivity contribution >= 4 is 0 Å². The summed E-state index contributed by atoms with van der Waals surface area (Å²) in [4.78, 5) is 2.60. The lowest BCUT2D eigenvalue weighted by Crippen LogP contribution is -2.42. The molecule has 0 aliphatic heterocycles. The second kappa shape index (κ2) is 9.55. The third kappa shape index (κ3) is 5.91. The summed E-state index contributed by atoms with van der Waals surface area (Å²) in [5.41, 5.74) is 1.51. The van der Waals surface area contributed by atoms with Crippen LogP contribution < -0.4 is 0 Å². The zero-order valence-electron chi connectivity index (χ0n) is 16.1. The summed E-state index contributed by atoms with van der Waals surface area (Å²) in [6.07, 6.45) is 13.7. The molecule has 0 saturated carbocycles. The topological polar surface area (TPSA) is 3.24 Å². The van der Waals surface area contributed by atoms with Crippen molar-refractivity contribution in [3.8, 4) is 0 Å². The van der Waals surface area contributed by atoms with E-state index in [-0.39, 0.29) is 0 Å². The Bertz CT molecular complexity index is 368. The predicted molar refractivity (Wildman–Crippen MR) is 100 cm³/mol. The van der Waals surface area contributed by atoms with E-state index >= 15 is 0 Å². The molecule has 0 fully saturated rings. The van der Waals surface area contributed by atoms with Crippen molar-refractivity contribution in [2.45, 2.75) is 85.7 Å². The normalized spacial score (nSPS) is 26.5. The first kappa shape index (κ1) is 19.5. The van der Waals surface area contributed by atoms with Crippen molar-refractivity contribution in [3.05, 3.63) is 23.8 Å². The van der Waals surface area contributed by atoms with Crippen LogP contribution in [0.25, 0.3) is 0 Å². The fraction of sp³-hybridized carbons (Fsp3) is 0.810. The van der Waals surface area contributed by atoms with Crippen LogP contribution in [0.5, 0.6) is 0 Å². The summed E-state index contributed by atoms with van der Waals surface area (Å²) >= 11 is 0. The Hall–Kier alpha value is -0.560. The number of unbranched alkanes of at least 4 members (excludes halogenated alkanes) is 1. The maximum absolute atomic E-state index is 2.60. The first-order valence-corrected chi connectivity index (χ1v) is 9.42. The Balaban J connectivity index is 2.61. The van der Waals surface area contributed by atoms with Crippen LogP contribution in [0.4, 0.5) is 0 Å². The maximum atomic E-state index is 2.60. The van der Waals surface area contributed by atoms with Crippen molar-refractivity contribution in [2.24, 2.45) is 17.8 Å². The summed E-state index contributed by atoms with van der Waals surface area (Å²) in [5.74, 6) is 2.27. The van der Waals surface area contributed by atoms with Crippen LogP contribution in [0.2, 0.25) is 0 Å². The van der Waals surface area contributed by atoms with Crippen molar-refractivity contribution in [3.63, 3.8) is 0 Å². The van der Waals surface area contributed by atoms with E-state index in [0.29, 0.717) is 18.0 Å². The molecule has 0 radical (unpaired) electrons. The van der Waals surface area contributed by atoms with E-state index in [9.17, 15) is 0 Å². The van der Waals surface area contributed by atoms with Gasteiger partial charge in [0, 0.05) is 12.1 Å². The molecular formula is C21H39N. The van der Waals surface area contributed by atoms with Crippen LogP contribution in [0.3, 0.4) is 0 Å². The molecule has 1 aliphatic rings. The fourth-order valence-electron chi connectivity index (χ4n) is 3.62. The standard InChI is InChI=1S/C21H39N/c1-8-9-12-17(3)19(5)15-20(6)22(7)21-14-16(2)11-10-13-18(21)4/h10,13-14,17-21H,8-9,11-12,15H2,1-7H3. The molecule has 128 valence electrons. The number of likely N-dealkylation sites (N-methyl/N-ethyl adjacent to an activating group) is 1. The van der Waals surface area contributed by atoms with Crippen molar-refractivity contribution in [1.29, 1.82) is 0 Å². The van der Waals surface area contributed by atoms with Gasteiger partial charge in [0.2, 0.25) is 0 Å². The van der Waals surface area contributed by atoms with Gasteiger partial charge in [-0.2, -0.15) is 0 Å². The highest BCUT2D eigenvalue weighted by atomic mass is 15.2. The van der Waals surface area contributed by atoms with E-state index in [1.165, 1.54) is 31.3 Å². The molecule has 5 unspecified atom stereocenters. The first-order chi connectivity index (χ1) is 10.4. The van der Waals surface area contributed by atoms with Gasteiger partial charge in [0.25, 0.3) is 0 Å². The van der Waals surface area contributed by atoms with Gasteiger partial charge < -0.3 is 0 Å². The minimum atomic E-state index is 0.548. The van der Waals surface area contributed by atoms with Gasteiger partial charge in [-0.3, -0.25) is 4.90 Å². The van der Waals surface area contributed by atoms with Gasteiger partial charge in [0.15, 0.2) is 0 Å². The molecule has 0 saturated heterocycles. The van der Waals surface area contributed by atoms with E-state index in [4.69, 9.17) is 0 Å². The summed E-state index contributed by atoms with van der Waals surface area (Å²) in [5, 5.41) is 0. The molecule has 22 heavy (non-hydrogen) atoms. The summed E-state index contributed by atoms with van der Waals surface area (Å²) < 4.78 is 0. The lowest BCUT2D eigenvalue weighted by atomic mass is 9.85. The summed E-state index contributed by atoms with van der Waals surface area (Å²) in [7, 11) is 2.32. The molecule has 1 aliphatic carbocycles. The molecule has 0 aromatic carbocycles. The van der Waals surface area contributed by atoms with Crippen molar-refractivity contribution in [2.75, 3.05) is 7.05 Å². The average Bonchev–Trinajstić information content (AvgIpc) is 2.64. The minimum Gasteiger partial charge on any atom is -0.297 e. The third-order valence-electron chi connectivity index (χ3n) is 5.74. The first-order valence-electron chi connectivity index (χ1n) is 9.42. The lowest BCUT2D eigenvalue weighted by molar-refractivity contribution is 0.152. The highest BCUT2D eigenvalue weighted by Gasteiger charge is 2.25. The molecule has 1 rings (SSSR count). The predicted octanol–water partition coefficient (Wildman–Crippen LogP) is 6.07. The van der Waals surface area contributed by atoms with E-state index in [1.807, 2.05) is 0 Å². The Morgan fingerprint density at radius 3 is 2.55 bits per heavy atom. The molecule has 0 heterocycles. The van der Waals surface area contributed by atoms with Gasteiger partial charge in [0.05, 0.1) is 0 Å². The lowest BCUT2D eigenvalue weighted by Gasteiger charge is -2.36. The van der Waals surface area contributed by atoms with Crippen LogP contribution in [0, 0.1) is 17.8 Å². The van der Waals surface area contributed by atoms with E-state index in [2.05, 4.69) is 71.7 Å². The molecule has 0 N–H and O–H groups in total. The Labute approximate surface area is 139 Å². The molecule has 0 amide bonds. The number of hydrogen-bond acceptors (Lipinski definition) is 1. The Morgan fingerprint density at radius 1 is 1.23 bits per heavy atom. The molecule has 0 spiro atoms. The zero-order chi connectivity index (χ0) is 16.7. The van der Waals surface area contributed by atoms with Crippen LogP contribution in [-0.2, 0) is 0 Å². The zero-order valence-corrected chi connectivity index (χ0v) is 16.1. The molecule has 1 nitrogen and oxygen atoms in total. The largest absolute Gasteiger partial charge is 0.297 e. The SMILES string of the molecule is CCCCC(C)C(C)CC(C)N(C)C1C=C(C)CC=CC1C. The van der Waals surface area contributed by atoms with Gasteiger partial charge in [-0.15, -0.1) is 0 Å². The van der Waals surface area contributed by atoms with Crippen molar-refractivity contribution in [1.82, 2.24) is 4.90 Å². The van der Waals surface area contributed by atoms with Crippen LogP contribution in [0.15, 0.2) is 23.8 Å². The average molecular weight is 306 g/mol. The smallest absolute Gasteiger partial charge is 0.0340 e. The maximum Gasteiger partial charge on any atom is 0.0340 e. The molecular weight excluding hydrogens is 266 g/mol. The molecule has 5 atom stereocenters. The summed E-state index contributed by atoms with van der Waals surface area (Å²) in [6, 6.07) is 1.19. The third-order valence-corrected chi connectivity index (χ3v) is 5.74. The second-order valence-corrected chi connectivity index (χ2v) is 7.84. The van der Waals surface area contributed by atoms with Crippen LogP contribution in [-0.4, -0.2) is 24.0 Å². The fourth-order valence-corrected chi connectivity index (χ4v) is 3.62. The Kier molecular flexibility index (Phi) is 8.46. The highest BCUT2D eigenvalue weighted by Crippen LogP contribution is 2.27. The number of rotatable bonds is 8. The number of allylic oxidation sites excluding steroid dienone is 2. The van der Waals surface area contributed by atoms with Crippen LogP contribution >= 0.6 is 0 Å². The van der Waals surface area contributed by atoms with Crippen molar-refractivity contribution < 1.29 is 0 Å². The highest BCUT2D eigenvalue weighted by molar-refractivity contribution is 5.16. The quantitative estimate of drug-likeness (QED) is 0.492. The molecule has 0 aromatic heterocycles. The summed E-state index contributed by atoms with van der Waals surface area (Å²) in [6.45, 7) is 14.2. The molecule has 0 aromatic rings. The Morgan fingerprint density at radius 2 is 1.91 bits per heavy atom. The van der Waals surface area contributed by atoms with Gasteiger partial charge >= 0.3 is 0 Å². The minimum absolute atomic E-state index is 0.548. The van der Waals surface area contributed by atoms with Crippen LogP contribution in [0.1, 0.15) is 73.6 Å². The van der Waals surface area contributed by atoms with E-state index < -0.39 is 0 Å². The monoisotopic (exact) mass is 305 g/mol. The van der Waals surface area contributed by atoms with E-state index in [1.54, 1.807) is 0 Å². The van der Waals surface area contributed by atoms with Gasteiger partial charge in [-0.1, -0.05) is 70.8 Å². The number of hydrogen-bond donors (Lipinski definition) is 0. The molecule has 0 bridgehead atoms. The van der Waals surface area contributed by atoms with Gasteiger partial charge in [-0.25, -0.2) is 0 Å². The molecule has 1 heteroatoms. The number of nitrogens with zero attached hydrogens (tertiary/aromatic N) is 1. The van der Waals surface area contributed by atoms with Gasteiger partial charge in [-0.05, 0) is 51.5 Å². The van der Waals surface area contributed by atoms with Gasteiger partial charge in [0.1, 0.15) is 0 Å². The second-order valence-electron chi connectivity index (χ2n) is 7.84. The van der Waals surface area contributed by atoms with E-state index in [0.717, 1.165) is 18.3 Å².